The first-order valence-electron chi connectivity index (χ1n) is 8.50. The standard InChI is InChI=1S/C20H19ClN4O2/c21-17-6-4-16(5-7-17)20(27)22-12-10-19(26)24-18-8-2-15(3-9-18)14-25-13-1-11-23-25/h1-9,11,13H,10,12,14H2,(H,22,27)(H,24,26). The molecule has 138 valence electrons. The quantitative estimate of drug-likeness (QED) is 0.658. The number of benzene rings is 2. The van der Waals surface area contributed by atoms with Gasteiger partial charge < -0.3 is 10.6 Å². The second-order valence-electron chi connectivity index (χ2n) is 5.96. The average Bonchev–Trinajstić information content (AvgIpc) is 3.17. The summed E-state index contributed by atoms with van der Waals surface area (Å²) in [5.41, 5.74) is 2.31. The molecule has 2 N–H and O–H groups in total. The maximum Gasteiger partial charge on any atom is 0.251 e. The maximum absolute atomic E-state index is 12.0. The number of rotatable bonds is 7. The van der Waals surface area contributed by atoms with Gasteiger partial charge >= 0.3 is 0 Å². The van der Waals surface area contributed by atoms with E-state index >= 15 is 0 Å². The highest BCUT2D eigenvalue weighted by Gasteiger charge is 2.07. The van der Waals surface area contributed by atoms with Gasteiger partial charge in [0.25, 0.3) is 5.91 Å². The summed E-state index contributed by atoms with van der Waals surface area (Å²) in [6.45, 7) is 0.933. The largest absolute Gasteiger partial charge is 0.352 e. The topological polar surface area (TPSA) is 76.0 Å². The SMILES string of the molecule is O=C(CCNC(=O)c1ccc(Cl)cc1)Nc1ccc(Cn2cccn2)cc1. The van der Waals surface area contributed by atoms with Crippen LogP contribution in [-0.4, -0.2) is 28.1 Å². The van der Waals surface area contributed by atoms with E-state index in [1.54, 1.807) is 30.5 Å². The monoisotopic (exact) mass is 382 g/mol. The molecule has 2 aromatic carbocycles. The molecule has 7 heteroatoms. The van der Waals surface area contributed by atoms with Crippen molar-refractivity contribution in [3.05, 3.63) is 83.1 Å². The van der Waals surface area contributed by atoms with E-state index in [0.717, 1.165) is 5.56 Å². The van der Waals surface area contributed by atoms with Gasteiger partial charge in [-0.05, 0) is 48.0 Å². The molecule has 0 aliphatic rings. The van der Waals surface area contributed by atoms with Crippen LogP contribution in [0.3, 0.4) is 0 Å². The zero-order valence-corrected chi connectivity index (χ0v) is 15.3. The molecular weight excluding hydrogens is 364 g/mol. The van der Waals surface area contributed by atoms with Crippen LogP contribution in [0.5, 0.6) is 0 Å². The smallest absolute Gasteiger partial charge is 0.251 e. The Morgan fingerprint density at radius 1 is 1.04 bits per heavy atom. The number of nitrogens with one attached hydrogen (secondary N) is 2. The summed E-state index contributed by atoms with van der Waals surface area (Å²) in [6.07, 6.45) is 3.82. The Balaban J connectivity index is 1.42. The first-order valence-corrected chi connectivity index (χ1v) is 8.88. The van der Waals surface area contributed by atoms with Crippen LogP contribution in [0.1, 0.15) is 22.3 Å². The third-order valence-electron chi connectivity index (χ3n) is 3.89. The molecule has 0 fully saturated rings. The number of carbonyl (C=O) groups excluding carboxylic acids is 2. The van der Waals surface area contributed by atoms with Gasteiger partial charge in [-0.3, -0.25) is 14.3 Å². The van der Waals surface area contributed by atoms with E-state index in [4.69, 9.17) is 11.6 Å². The van der Waals surface area contributed by atoms with Crippen molar-refractivity contribution >= 4 is 29.1 Å². The van der Waals surface area contributed by atoms with Crippen LogP contribution < -0.4 is 10.6 Å². The van der Waals surface area contributed by atoms with Crippen LogP contribution in [0.15, 0.2) is 67.0 Å². The molecule has 0 radical (unpaired) electrons. The Hall–Kier alpha value is -3.12. The van der Waals surface area contributed by atoms with Crippen molar-refractivity contribution in [3.8, 4) is 0 Å². The minimum absolute atomic E-state index is 0.161. The summed E-state index contributed by atoms with van der Waals surface area (Å²) in [4.78, 5) is 24.0. The first kappa shape index (κ1) is 18.7. The summed E-state index contributed by atoms with van der Waals surface area (Å²) in [5.74, 6) is -0.395. The van der Waals surface area contributed by atoms with Crippen molar-refractivity contribution in [1.82, 2.24) is 15.1 Å². The summed E-state index contributed by atoms with van der Waals surface area (Å²) < 4.78 is 1.83. The Kier molecular flexibility index (Phi) is 6.22. The number of carbonyl (C=O) groups is 2. The lowest BCUT2D eigenvalue weighted by atomic mass is 10.2. The molecule has 0 bridgehead atoms. The molecule has 3 aromatic rings. The van der Waals surface area contributed by atoms with E-state index in [1.807, 2.05) is 41.2 Å². The van der Waals surface area contributed by atoms with E-state index in [0.29, 0.717) is 22.8 Å². The van der Waals surface area contributed by atoms with Gasteiger partial charge in [0.2, 0.25) is 5.91 Å². The number of anilines is 1. The third kappa shape index (κ3) is 5.69. The highest BCUT2D eigenvalue weighted by atomic mass is 35.5. The zero-order chi connectivity index (χ0) is 19.1. The van der Waals surface area contributed by atoms with Crippen LogP contribution in [0.25, 0.3) is 0 Å². The fourth-order valence-electron chi connectivity index (χ4n) is 2.49. The molecule has 27 heavy (non-hydrogen) atoms. The van der Waals surface area contributed by atoms with Gasteiger partial charge in [-0.2, -0.15) is 5.10 Å². The van der Waals surface area contributed by atoms with Gasteiger partial charge in [-0.25, -0.2) is 0 Å². The second kappa shape index (κ2) is 9.00. The number of hydrogen-bond donors (Lipinski definition) is 2. The predicted molar refractivity (Wildman–Crippen MR) is 105 cm³/mol. The van der Waals surface area contributed by atoms with Crippen molar-refractivity contribution in [2.24, 2.45) is 0 Å². The van der Waals surface area contributed by atoms with Gasteiger partial charge in [-0.1, -0.05) is 23.7 Å². The molecule has 0 saturated carbocycles. The van der Waals surface area contributed by atoms with E-state index in [9.17, 15) is 9.59 Å². The van der Waals surface area contributed by atoms with Crippen molar-refractivity contribution in [1.29, 1.82) is 0 Å². The Morgan fingerprint density at radius 2 is 1.78 bits per heavy atom. The normalized spacial score (nSPS) is 10.4. The summed E-state index contributed by atoms with van der Waals surface area (Å²) in [7, 11) is 0. The zero-order valence-electron chi connectivity index (χ0n) is 14.6. The van der Waals surface area contributed by atoms with Gasteiger partial charge in [-0.15, -0.1) is 0 Å². The molecule has 6 nitrogen and oxygen atoms in total. The van der Waals surface area contributed by atoms with Gasteiger partial charge in [0.1, 0.15) is 0 Å². The third-order valence-corrected chi connectivity index (χ3v) is 4.14. The lowest BCUT2D eigenvalue weighted by molar-refractivity contribution is -0.116. The van der Waals surface area contributed by atoms with E-state index < -0.39 is 0 Å². The van der Waals surface area contributed by atoms with Gasteiger partial charge in [0, 0.05) is 41.6 Å². The maximum atomic E-state index is 12.0. The van der Waals surface area contributed by atoms with Crippen LogP contribution in [0.2, 0.25) is 5.02 Å². The Morgan fingerprint density at radius 3 is 2.44 bits per heavy atom. The van der Waals surface area contributed by atoms with Crippen molar-refractivity contribution in [3.63, 3.8) is 0 Å². The van der Waals surface area contributed by atoms with Crippen LogP contribution in [0, 0.1) is 0 Å². The lowest BCUT2D eigenvalue weighted by Crippen LogP contribution is -2.27. The number of aromatic nitrogens is 2. The molecule has 0 saturated heterocycles. The molecule has 1 heterocycles. The van der Waals surface area contributed by atoms with Crippen molar-refractivity contribution in [2.45, 2.75) is 13.0 Å². The lowest BCUT2D eigenvalue weighted by Gasteiger charge is -2.08. The summed E-state index contributed by atoms with van der Waals surface area (Å²) in [6, 6.07) is 16.1. The molecule has 0 spiro atoms. The van der Waals surface area contributed by atoms with Gasteiger partial charge in [0.05, 0.1) is 6.54 Å². The highest BCUT2D eigenvalue weighted by Crippen LogP contribution is 2.11. The fourth-order valence-corrected chi connectivity index (χ4v) is 2.62. The predicted octanol–water partition coefficient (Wildman–Crippen LogP) is 3.34. The molecule has 2 amide bonds. The van der Waals surface area contributed by atoms with Gasteiger partial charge in [0.15, 0.2) is 0 Å². The fraction of sp³-hybridized carbons (Fsp3) is 0.150. The number of amides is 2. The molecule has 0 aliphatic heterocycles. The van der Waals surface area contributed by atoms with E-state index in [2.05, 4.69) is 15.7 Å². The Bertz CT molecular complexity index is 891. The minimum Gasteiger partial charge on any atom is -0.352 e. The summed E-state index contributed by atoms with van der Waals surface area (Å²) >= 11 is 5.80. The number of nitrogens with zero attached hydrogens (tertiary/aromatic N) is 2. The molecule has 0 atom stereocenters. The van der Waals surface area contributed by atoms with Crippen LogP contribution in [0.4, 0.5) is 5.69 Å². The van der Waals surface area contributed by atoms with Crippen LogP contribution in [-0.2, 0) is 11.3 Å². The Labute approximate surface area is 162 Å². The molecule has 1 aromatic heterocycles. The first-order chi connectivity index (χ1) is 13.1. The van der Waals surface area contributed by atoms with Crippen molar-refractivity contribution < 1.29 is 9.59 Å². The van der Waals surface area contributed by atoms with Crippen molar-refractivity contribution in [2.75, 3.05) is 11.9 Å². The number of halogens is 1. The van der Waals surface area contributed by atoms with E-state index in [1.165, 1.54) is 0 Å². The second-order valence-corrected chi connectivity index (χ2v) is 6.40. The highest BCUT2D eigenvalue weighted by molar-refractivity contribution is 6.30. The molecule has 3 rings (SSSR count). The molecular formula is C20H19ClN4O2. The summed E-state index contributed by atoms with van der Waals surface area (Å²) in [5, 5.41) is 10.3. The number of hydrogen-bond acceptors (Lipinski definition) is 3. The molecule has 0 aliphatic carbocycles. The molecule has 0 unspecified atom stereocenters. The minimum atomic E-state index is -0.234. The van der Waals surface area contributed by atoms with E-state index in [-0.39, 0.29) is 24.8 Å². The van der Waals surface area contributed by atoms with Crippen LogP contribution >= 0.6 is 11.6 Å². The average molecular weight is 383 g/mol.